The summed E-state index contributed by atoms with van der Waals surface area (Å²) in [5.41, 5.74) is 0.430. The van der Waals surface area contributed by atoms with Crippen LogP contribution >= 0.6 is 23.4 Å². The Morgan fingerprint density at radius 3 is 2.60 bits per heavy atom. The van der Waals surface area contributed by atoms with Crippen molar-refractivity contribution in [2.24, 2.45) is 0 Å². The molecule has 1 amide bonds. The van der Waals surface area contributed by atoms with Crippen molar-refractivity contribution in [3.8, 4) is 5.75 Å². The number of carbonyl (C=O) groups is 1. The Balaban J connectivity index is 1.69. The average molecular weight is 469 g/mol. The lowest BCUT2D eigenvalue weighted by molar-refractivity contribution is 0.0720. The molecular formula is C21H25ClN2O4S2. The van der Waals surface area contributed by atoms with E-state index in [9.17, 15) is 13.2 Å². The number of hydrogen-bond donors (Lipinski definition) is 1. The molecule has 0 aliphatic carbocycles. The number of nitrogens with one attached hydrogen (secondary N) is 1. The highest BCUT2D eigenvalue weighted by atomic mass is 35.5. The number of para-hydroxylation sites is 1. The van der Waals surface area contributed by atoms with E-state index in [-0.39, 0.29) is 24.0 Å². The van der Waals surface area contributed by atoms with Crippen LogP contribution in [-0.4, -0.2) is 51.7 Å². The largest absolute Gasteiger partial charge is 0.491 e. The summed E-state index contributed by atoms with van der Waals surface area (Å²) in [7, 11) is -3.78. The summed E-state index contributed by atoms with van der Waals surface area (Å²) in [5.74, 6) is 0.384. The fourth-order valence-corrected chi connectivity index (χ4v) is 5.07. The van der Waals surface area contributed by atoms with Crippen LogP contribution in [0.2, 0.25) is 5.02 Å². The molecule has 0 bridgehead atoms. The molecule has 1 saturated heterocycles. The maximum atomic E-state index is 13.0. The Morgan fingerprint density at radius 1 is 1.17 bits per heavy atom. The minimum absolute atomic E-state index is 0.0680. The summed E-state index contributed by atoms with van der Waals surface area (Å²) in [6, 6.07) is 11.7. The van der Waals surface area contributed by atoms with Crippen LogP contribution in [0.25, 0.3) is 0 Å². The van der Waals surface area contributed by atoms with E-state index in [4.69, 9.17) is 16.3 Å². The molecular weight excluding hydrogens is 444 g/mol. The summed E-state index contributed by atoms with van der Waals surface area (Å²) in [5, 5.41) is 0.467. The topological polar surface area (TPSA) is 75.7 Å². The summed E-state index contributed by atoms with van der Waals surface area (Å²) >= 11 is 7.46. The first-order valence-corrected chi connectivity index (χ1v) is 12.9. The van der Waals surface area contributed by atoms with Crippen LogP contribution in [0.5, 0.6) is 5.75 Å². The maximum Gasteiger partial charge on any atom is 0.255 e. The van der Waals surface area contributed by atoms with Crippen molar-refractivity contribution in [2.75, 3.05) is 32.5 Å². The number of likely N-dealkylation sites (tertiary alicyclic amines) is 1. The zero-order valence-corrected chi connectivity index (χ0v) is 19.2. The number of sulfonamides is 1. The summed E-state index contributed by atoms with van der Waals surface area (Å²) in [6.45, 7) is 1.63. The average Bonchev–Trinajstić information content (AvgIpc) is 2.77. The Bertz CT molecular complexity index is 992. The molecule has 30 heavy (non-hydrogen) atoms. The van der Waals surface area contributed by atoms with Crippen molar-refractivity contribution in [1.82, 2.24) is 9.62 Å². The van der Waals surface area contributed by atoms with Gasteiger partial charge in [0.2, 0.25) is 10.0 Å². The molecule has 1 aliphatic heterocycles. The van der Waals surface area contributed by atoms with E-state index < -0.39 is 10.0 Å². The molecule has 0 aromatic heterocycles. The molecule has 3 rings (SSSR count). The highest BCUT2D eigenvalue weighted by Gasteiger charge is 2.23. The Kier molecular flexibility index (Phi) is 8.05. The number of ether oxygens (including phenoxy) is 1. The Morgan fingerprint density at radius 2 is 1.90 bits per heavy atom. The van der Waals surface area contributed by atoms with Crippen LogP contribution in [0.15, 0.2) is 52.3 Å². The molecule has 0 radical (unpaired) electrons. The van der Waals surface area contributed by atoms with Gasteiger partial charge in [0.15, 0.2) is 0 Å². The molecule has 1 fully saturated rings. The van der Waals surface area contributed by atoms with Crippen molar-refractivity contribution < 1.29 is 17.9 Å². The SMILES string of the molecule is CSc1ccc(S(=O)(=O)NCCOc2ccccc2Cl)cc1C(=O)N1CCCCC1. The van der Waals surface area contributed by atoms with E-state index in [1.54, 1.807) is 35.2 Å². The lowest BCUT2D eigenvalue weighted by Gasteiger charge is -2.27. The third kappa shape index (κ3) is 5.69. The third-order valence-electron chi connectivity index (χ3n) is 4.84. The quantitative estimate of drug-likeness (QED) is 0.467. The lowest BCUT2D eigenvalue weighted by atomic mass is 10.1. The van der Waals surface area contributed by atoms with E-state index >= 15 is 0 Å². The molecule has 1 N–H and O–H groups in total. The van der Waals surface area contributed by atoms with Crippen molar-refractivity contribution >= 4 is 39.3 Å². The predicted octanol–water partition coefficient (Wildman–Crippen LogP) is 4.05. The second-order valence-corrected chi connectivity index (χ2v) is 9.91. The first kappa shape index (κ1) is 22.9. The molecule has 0 saturated carbocycles. The second-order valence-electron chi connectivity index (χ2n) is 6.89. The molecule has 0 atom stereocenters. The standard InChI is InChI=1S/C21H25ClN2O4S2/c1-29-20-10-9-16(15-17(20)21(25)24-12-5-2-6-13-24)30(26,27)23-11-14-28-19-8-4-3-7-18(19)22/h3-4,7-10,15,23H,2,5-6,11-14H2,1H3. The number of halogens is 1. The van der Waals surface area contributed by atoms with Crippen molar-refractivity contribution in [3.05, 3.63) is 53.1 Å². The van der Waals surface area contributed by atoms with Crippen LogP contribution in [0, 0.1) is 0 Å². The van der Waals surface area contributed by atoms with Gasteiger partial charge in [0.25, 0.3) is 5.91 Å². The number of amides is 1. The van der Waals surface area contributed by atoms with Crippen LogP contribution in [-0.2, 0) is 10.0 Å². The van der Waals surface area contributed by atoms with Gasteiger partial charge in [-0.15, -0.1) is 11.8 Å². The summed E-state index contributed by atoms with van der Waals surface area (Å²) < 4.78 is 33.5. The predicted molar refractivity (Wildman–Crippen MR) is 120 cm³/mol. The van der Waals surface area contributed by atoms with Crippen LogP contribution < -0.4 is 9.46 Å². The van der Waals surface area contributed by atoms with Gasteiger partial charge in [-0.3, -0.25) is 4.79 Å². The van der Waals surface area contributed by atoms with E-state index in [0.29, 0.717) is 29.4 Å². The molecule has 1 aliphatic rings. The van der Waals surface area contributed by atoms with Gasteiger partial charge in [0, 0.05) is 24.5 Å². The molecule has 0 unspecified atom stereocenters. The second kappa shape index (κ2) is 10.5. The van der Waals surface area contributed by atoms with Crippen molar-refractivity contribution in [3.63, 3.8) is 0 Å². The molecule has 2 aromatic rings. The minimum Gasteiger partial charge on any atom is -0.491 e. The summed E-state index contributed by atoms with van der Waals surface area (Å²) in [6.07, 6.45) is 4.95. The van der Waals surface area contributed by atoms with E-state index in [0.717, 1.165) is 24.2 Å². The minimum atomic E-state index is -3.78. The molecule has 6 nitrogen and oxygen atoms in total. The molecule has 1 heterocycles. The summed E-state index contributed by atoms with van der Waals surface area (Å²) in [4.78, 5) is 15.6. The molecule has 0 spiro atoms. The number of rotatable bonds is 8. The van der Waals surface area contributed by atoms with Gasteiger partial charge in [-0.05, 0) is 55.9 Å². The molecule has 2 aromatic carbocycles. The maximum absolute atomic E-state index is 13.0. The first-order chi connectivity index (χ1) is 14.4. The smallest absolute Gasteiger partial charge is 0.255 e. The molecule has 9 heteroatoms. The van der Waals surface area contributed by atoms with Gasteiger partial charge in [0.05, 0.1) is 15.5 Å². The number of nitrogens with zero attached hydrogens (tertiary/aromatic N) is 1. The number of benzene rings is 2. The third-order valence-corrected chi connectivity index (χ3v) is 7.41. The highest BCUT2D eigenvalue weighted by Crippen LogP contribution is 2.26. The number of hydrogen-bond acceptors (Lipinski definition) is 5. The number of piperidine rings is 1. The zero-order valence-electron chi connectivity index (χ0n) is 16.8. The van der Waals surface area contributed by atoms with Crippen molar-refractivity contribution in [1.29, 1.82) is 0 Å². The highest BCUT2D eigenvalue weighted by molar-refractivity contribution is 7.98. The fraction of sp³-hybridized carbons (Fsp3) is 0.381. The first-order valence-electron chi connectivity index (χ1n) is 9.76. The Labute approximate surface area is 187 Å². The number of thioether (sulfide) groups is 1. The van der Waals surface area contributed by atoms with Gasteiger partial charge >= 0.3 is 0 Å². The van der Waals surface area contributed by atoms with Gasteiger partial charge in [0.1, 0.15) is 12.4 Å². The monoisotopic (exact) mass is 468 g/mol. The van der Waals surface area contributed by atoms with Crippen LogP contribution in [0.1, 0.15) is 29.6 Å². The van der Waals surface area contributed by atoms with E-state index in [1.807, 2.05) is 6.26 Å². The lowest BCUT2D eigenvalue weighted by Crippen LogP contribution is -2.36. The van der Waals surface area contributed by atoms with Gasteiger partial charge in [-0.1, -0.05) is 23.7 Å². The molecule has 162 valence electrons. The van der Waals surface area contributed by atoms with Crippen LogP contribution in [0.3, 0.4) is 0 Å². The van der Waals surface area contributed by atoms with Gasteiger partial charge < -0.3 is 9.64 Å². The van der Waals surface area contributed by atoms with Gasteiger partial charge in [-0.2, -0.15) is 0 Å². The van der Waals surface area contributed by atoms with Gasteiger partial charge in [-0.25, -0.2) is 13.1 Å². The Hall–Kier alpha value is -1.74. The van der Waals surface area contributed by atoms with E-state index in [2.05, 4.69) is 4.72 Å². The van der Waals surface area contributed by atoms with Crippen LogP contribution in [0.4, 0.5) is 0 Å². The van der Waals surface area contributed by atoms with E-state index in [1.165, 1.54) is 23.9 Å². The fourth-order valence-electron chi connectivity index (χ4n) is 3.27. The van der Waals surface area contributed by atoms with Crippen molar-refractivity contribution in [2.45, 2.75) is 29.1 Å². The number of carbonyl (C=O) groups excluding carboxylic acids is 1. The zero-order chi connectivity index (χ0) is 21.6. The normalized spacial score (nSPS) is 14.5.